The maximum absolute atomic E-state index is 13.5. The van der Waals surface area contributed by atoms with Crippen molar-refractivity contribution in [1.82, 2.24) is 5.32 Å². The van der Waals surface area contributed by atoms with Crippen LogP contribution in [-0.2, 0) is 33.2 Å². The predicted molar refractivity (Wildman–Crippen MR) is 434 cm³/mol. The highest BCUT2D eigenvalue weighted by molar-refractivity contribution is 5.76. The predicted octanol–water partition coefficient (Wildman–Crippen LogP) is 16.3. The minimum absolute atomic E-state index is 0.237. The number of unbranched alkanes of at least 4 members (excludes halogenated alkanes) is 45. The third-order valence-corrected chi connectivity index (χ3v) is 21.7. The van der Waals surface area contributed by atoms with Crippen LogP contribution < -0.4 is 5.32 Å². The molecule has 108 heavy (non-hydrogen) atoms. The second-order valence-corrected chi connectivity index (χ2v) is 31.3. The molecule has 0 radical (unpaired) electrons. The number of rotatable bonds is 71. The molecule has 630 valence electrons. The lowest BCUT2D eigenvalue weighted by atomic mass is 9.96. The number of hydrogen-bond donors (Lipinski definition) is 12. The number of aliphatic hydroxyl groups is 11. The van der Waals surface area contributed by atoms with E-state index in [-0.39, 0.29) is 18.9 Å². The van der Waals surface area contributed by atoms with E-state index in [1.54, 1.807) is 6.08 Å². The van der Waals surface area contributed by atoms with E-state index in [0.717, 1.165) is 64.2 Å². The highest BCUT2D eigenvalue weighted by atomic mass is 16.8. The molecule has 0 aliphatic carbocycles. The maximum Gasteiger partial charge on any atom is 0.220 e. The van der Waals surface area contributed by atoms with Crippen molar-refractivity contribution in [1.29, 1.82) is 0 Å². The molecule has 12 N–H and O–H groups in total. The average molecular weight is 1530 g/mol. The molecule has 19 heteroatoms. The molecule has 3 heterocycles. The maximum atomic E-state index is 13.5. The lowest BCUT2D eigenvalue weighted by molar-refractivity contribution is -0.379. The number of carbonyl (C=O) groups is 1. The largest absolute Gasteiger partial charge is 0.394 e. The van der Waals surface area contributed by atoms with Gasteiger partial charge in [0.05, 0.1) is 38.6 Å². The van der Waals surface area contributed by atoms with Gasteiger partial charge < -0.3 is 89.9 Å². The molecule has 0 aromatic heterocycles. The first-order valence-electron chi connectivity index (χ1n) is 44.2. The van der Waals surface area contributed by atoms with Crippen molar-refractivity contribution in [3.05, 3.63) is 72.9 Å². The fourth-order valence-electron chi connectivity index (χ4n) is 14.7. The minimum atomic E-state index is -1.98. The van der Waals surface area contributed by atoms with E-state index in [9.17, 15) is 61.0 Å². The second kappa shape index (κ2) is 68.6. The van der Waals surface area contributed by atoms with Crippen LogP contribution in [0.4, 0.5) is 0 Å². The van der Waals surface area contributed by atoms with Crippen molar-refractivity contribution in [3.8, 4) is 0 Å². The number of ether oxygens (including phenoxy) is 6. The summed E-state index contributed by atoms with van der Waals surface area (Å²) in [6, 6.07) is -0.993. The number of allylic oxidation sites excluding steroid dienone is 11. The molecule has 17 atom stereocenters. The van der Waals surface area contributed by atoms with Crippen LogP contribution in [0.15, 0.2) is 72.9 Å². The first-order valence-corrected chi connectivity index (χ1v) is 44.2. The van der Waals surface area contributed by atoms with E-state index in [2.05, 4.69) is 79.9 Å². The summed E-state index contributed by atoms with van der Waals surface area (Å²) in [5.74, 6) is -0.280. The molecule has 0 spiro atoms. The molecule has 3 aliphatic rings. The Morgan fingerprint density at radius 1 is 0.343 bits per heavy atom. The number of nitrogens with one attached hydrogen (secondary N) is 1. The fraction of sp³-hybridized carbons (Fsp3) is 0.854. The van der Waals surface area contributed by atoms with Gasteiger partial charge in [-0.05, 0) is 70.6 Å². The normalized spacial score (nSPS) is 25.7. The first-order chi connectivity index (χ1) is 52.8. The minimum Gasteiger partial charge on any atom is -0.394 e. The summed E-state index contributed by atoms with van der Waals surface area (Å²) in [6.07, 6.45) is 64.8. The topological polar surface area (TPSA) is 307 Å². The summed E-state index contributed by atoms with van der Waals surface area (Å²) in [5, 5.41) is 121. The molecule has 0 aromatic rings. The van der Waals surface area contributed by atoms with Gasteiger partial charge in [-0.3, -0.25) is 4.79 Å². The molecule has 17 unspecified atom stereocenters. The molecule has 3 aliphatic heterocycles. The van der Waals surface area contributed by atoms with Gasteiger partial charge in [-0.1, -0.05) is 350 Å². The lowest BCUT2D eigenvalue weighted by Crippen LogP contribution is -2.66. The van der Waals surface area contributed by atoms with Crippen molar-refractivity contribution in [2.24, 2.45) is 0 Å². The third kappa shape index (κ3) is 47.2. The summed E-state index contributed by atoms with van der Waals surface area (Å²) in [4.78, 5) is 13.5. The summed E-state index contributed by atoms with van der Waals surface area (Å²) in [7, 11) is 0. The van der Waals surface area contributed by atoms with E-state index >= 15 is 0 Å². The van der Waals surface area contributed by atoms with Crippen LogP contribution in [0.25, 0.3) is 0 Å². The van der Waals surface area contributed by atoms with Crippen LogP contribution in [0.2, 0.25) is 0 Å². The van der Waals surface area contributed by atoms with Gasteiger partial charge in [0, 0.05) is 6.42 Å². The van der Waals surface area contributed by atoms with Crippen LogP contribution in [-0.4, -0.2) is 193 Å². The lowest BCUT2D eigenvalue weighted by Gasteiger charge is -2.48. The molecule has 0 aromatic carbocycles. The Bertz CT molecular complexity index is 2230. The van der Waals surface area contributed by atoms with Crippen LogP contribution >= 0.6 is 0 Å². The van der Waals surface area contributed by atoms with Gasteiger partial charge in [-0.25, -0.2) is 0 Å². The highest BCUT2D eigenvalue weighted by Gasteiger charge is 2.54. The Morgan fingerprint density at radius 3 is 1.04 bits per heavy atom. The van der Waals surface area contributed by atoms with E-state index in [0.29, 0.717) is 12.8 Å². The zero-order valence-electron chi connectivity index (χ0n) is 67.8. The van der Waals surface area contributed by atoms with E-state index < -0.39 is 124 Å². The SMILES string of the molecule is CC/C=C\C/C=C\C/C=C\C/C=C\CCCCCCCCCCCCCCCCCCCCCCCCC(=O)NC(COC1OC(CO)C(OC2OC(CO)C(OC3OC(CO)C(O)C(O)C3O)C(O)C2O)C(O)C1O)C(O)/C=C/CC/C=C/CCCCCCCCCCCCCCCCCCCCCCCC. The Labute approximate surface area is 655 Å². The van der Waals surface area contributed by atoms with E-state index in [1.165, 1.54) is 257 Å². The van der Waals surface area contributed by atoms with Crippen LogP contribution in [0.3, 0.4) is 0 Å². The Kier molecular flexibility index (Phi) is 63.2. The molecular weight excluding hydrogens is 1370 g/mol. The quantitative estimate of drug-likeness (QED) is 0.0199. The molecule has 0 saturated carbocycles. The Morgan fingerprint density at radius 2 is 0.648 bits per heavy atom. The van der Waals surface area contributed by atoms with Crippen molar-refractivity contribution < 1.29 is 89.4 Å². The van der Waals surface area contributed by atoms with Gasteiger partial charge >= 0.3 is 0 Å². The zero-order chi connectivity index (χ0) is 78.1. The van der Waals surface area contributed by atoms with Crippen molar-refractivity contribution in [3.63, 3.8) is 0 Å². The Balaban J connectivity index is 1.34. The molecule has 3 saturated heterocycles. The summed E-state index contributed by atoms with van der Waals surface area (Å²) in [5.41, 5.74) is 0. The van der Waals surface area contributed by atoms with E-state index in [4.69, 9.17) is 28.4 Å². The molecule has 3 rings (SSSR count). The number of amides is 1. The number of hydrogen-bond acceptors (Lipinski definition) is 18. The summed E-state index contributed by atoms with van der Waals surface area (Å²) >= 11 is 0. The summed E-state index contributed by atoms with van der Waals surface area (Å²) in [6.45, 7) is 1.66. The fourth-order valence-corrected chi connectivity index (χ4v) is 14.7. The van der Waals surface area contributed by atoms with Gasteiger partial charge in [0.1, 0.15) is 73.2 Å². The Hall–Kier alpha value is -2.77. The molecular formula is C89H161NO18. The standard InChI is InChI=1S/C89H161NO18/c1-3-5-7-9-11-13-15-17-19-21-23-25-27-29-31-33-34-35-36-37-38-39-41-43-45-47-49-51-53-55-57-59-61-63-65-67-77(95)90-72(73(94)66-64-62-60-58-56-54-52-50-48-46-44-42-40-32-30-28-26-24-22-20-18-16-14-12-10-8-6-4-2)71-103-87-83(101)80(98)85(75(69-92)105-87)108-89-84(102)81(99)86(76(70-93)106-89)107-88-82(100)79(97)78(96)74(68-91)104-88/h5,7,11,13,17,19,23,25,56,58,64,66,72-76,78-89,91-94,96-102H,3-4,6,8-10,12,14-16,18,20-22,24,26-55,57,59-63,65,67-71H2,1-2H3,(H,90,95)/b7-5-,13-11-,19-17-,25-23-,58-56+,66-64+. The van der Waals surface area contributed by atoms with Gasteiger partial charge in [0.2, 0.25) is 5.91 Å². The van der Waals surface area contributed by atoms with Gasteiger partial charge in [0.15, 0.2) is 18.9 Å². The number of carbonyl (C=O) groups excluding carboxylic acids is 1. The molecule has 3 fully saturated rings. The van der Waals surface area contributed by atoms with Gasteiger partial charge in [0.25, 0.3) is 0 Å². The summed E-state index contributed by atoms with van der Waals surface area (Å²) < 4.78 is 34.5. The number of aliphatic hydroxyl groups excluding tert-OH is 11. The monoisotopic (exact) mass is 1530 g/mol. The smallest absolute Gasteiger partial charge is 0.220 e. The van der Waals surface area contributed by atoms with Crippen molar-refractivity contribution in [2.75, 3.05) is 26.4 Å². The second-order valence-electron chi connectivity index (χ2n) is 31.3. The van der Waals surface area contributed by atoms with Crippen LogP contribution in [0.5, 0.6) is 0 Å². The third-order valence-electron chi connectivity index (χ3n) is 21.7. The van der Waals surface area contributed by atoms with Gasteiger partial charge in [-0.2, -0.15) is 0 Å². The van der Waals surface area contributed by atoms with Crippen molar-refractivity contribution in [2.45, 2.75) is 458 Å². The highest BCUT2D eigenvalue weighted by Crippen LogP contribution is 2.33. The van der Waals surface area contributed by atoms with Crippen molar-refractivity contribution >= 4 is 5.91 Å². The van der Waals surface area contributed by atoms with Gasteiger partial charge in [-0.15, -0.1) is 0 Å². The van der Waals surface area contributed by atoms with Crippen LogP contribution in [0, 0.1) is 0 Å². The molecule has 19 nitrogen and oxygen atoms in total. The zero-order valence-corrected chi connectivity index (χ0v) is 67.8. The average Bonchev–Trinajstić information content (AvgIpc) is 0.774. The van der Waals surface area contributed by atoms with Crippen LogP contribution in [0.1, 0.15) is 354 Å². The van der Waals surface area contributed by atoms with E-state index in [1.807, 2.05) is 6.08 Å². The first kappa shape index (κ1) is 99.4. The molecule has 1 amide bonds. The molecule has 0 bridgehead atoms.